The van der Waals surface area contributed by atoms with E-state index in [1.165, 1.54) is 24.2 Å². The van der Waals surface area contributed by atoms with E-state index in [2.05, 4.69) is 5.10 Å². The van der Waals surface area contributed by atoms with Gasteiger partial charge < -0.3 is 10.0 Å². The molecule has 2 rings (SSSR count). The topological polar surface area (TPSA) is 75.4 Å². The summed E-state index contributed by atoms with van der Waals surface area (Å²) in [5, 5.41) is 13.4. The van der Waals surface area contributed by atoms with Gasteiger partial charge in [0.25, 0.3) is 5.91 Å². The Hall–Kier alpha value is -1.85. The fourth-order valence-corrected chi connectivity index (χ4v) is 3.12. The lowest BCUT2D eigenvalue weighted by Gasteiger charge is -2.25. The van der Waals surface area contributed by atoms with Crippen LogP contribution in [-0.4, -0.2) is 44.3 Å². The van der Waals surface area contributed by atoms with Crippen LogP contribution in [0.5, 0.6) is 0 Å². The largest absolute Gasteiger partial charge is 0.480 e. The molecule has 0 radical (unpaired) electrons. The van der Waals surface area contributed by atoms with Gasteiger partial charge >= 0.3 is 5.97 Å². The third kappa shape index (κ3) is 3.48. The van der Waals surface area contributed by atoms with Gasteiger partial charge in [0.2, 0.25) is 0 Å². The Kier molecular flexibility index (Phi) is 5.21. The third-order valence-corrected chi connectivity index (χ3v) is 4.39. The van der Waals surface area contributed by atoms with Gasteiger partial charge in [-0.1, -0.05) is 19.3 Å². The Morgan fingerprint density at radius 1 is 1.36 bits per heavy atom. The highest BCUT2D eigenvalue weighted by Crippen LogP contribution is 2.29. The molecule has 22 heavy (non-hydrogen) atoms. The first-order valence-electron chi connectivity index (χ1n) is 7.98. The first-order valence-corrected chi connectivity index (χ1v) is 7.98. The second kappa shape index (κ2) is 6.94. The molecule has 6 nitrogen and oxygen atoms in total. The molecule has 0 aliphatic heterocycles. The minimum Gasteiger partial charge on any atom is -0.480 e. The summed E-state index contributed by atoms with van der Waals surface area (Å²) in [5.41, 5.74) is 1.36. The lowest BCUT2D eigenvalue weighted by atomic mass is 9.95. The second-order valence-electron chi connectivity index (χ2n) is 6.30. The number of aromatic nitrogens is 2. The molecule has 1 aromatic heterocycles. The zero-order valence-corrected chi connectivity index (χ0v) is 13.6. The number of carbonyl (C=O) groups excluding carboxylic acids is 1. The highest BCUT2D eigenvalue weighted by atomic mass is 16.4. The number of nitrogens with zero attached hydrogens (tertiary/aromatic N) is 3. The van der Waals surface area contributed by atoms with Crippen molar-refractivity contribution in [3.05, 3.63) is 17.5 Å². The zero-order chi connectivity index (χ0) is 16.3. The predicted molar refractivity (Wildman–Crippen MR) is 82.9 cm³/mol. The maximum absolute atomic E-state index is 12.6. The Balaban J connectivity index is 2.22. The number of hydrogen-bond acceptors (Lipinski definition) is 3. The molecule has 1 fully saturated rings. The van der Waals surface area contributed by atoms with Crippen molar-refractivity contribution in [2.45, 2.75) is 65.0 Å². The molecular formula is C16H25N3O3. The quantitative estimate of drug-likeness (QED) is 0.907. The van der Waals surface area contributed by atoms with Crippen molar-refractivity contribution in [1.82, 2.24) is 14.7 Å². The standard InChI is InChI=1S/C16H25N3O3/c1-11(2)18(10-15(20)21)16(22)14-9-17-19(12(14)3)13-7-5-4-6-8-13/h9,11,13H,4-8,10H2,1-3H3,(H,20,21). The van der Waals surface area contributed by atoms with Gasteiger partial charge in [0.15, 0.2) is 0 Å². The summed E-state index contributed by atoms with van der Waals surface area (Å²) in [5.74, 6) is -1.25. The molecule has 0 atom stereocenters. The van der Waals surface area contributed by atoms with Gasteiger partial charge in [-0.3, -0.25) is 14.3 Å². The van der Waals surface area contributed by atoms with E-state index in [1.807, 2.05) is 25.5 Å². The van der Waals surface area contributed by atoms with Crippen LogP contribution in [0.4, 0.5) is 0 Å². The normalized spacial score (nSPS) is 16.0. The molecule has 1 saturated carbocycles. The average molecular weight is 307 g/mol. The molecule has 0 saturated heterocycles. The molecule has 1 aromatic rings. The number of carbonyl (C=O) groups is 2. The van der Waals surface area contributed by atoms with Crippen molar-refractivity contribution in [2.75, 3.05) is 6.54 Å². The van der Waals surface area contributed by atoms with E-state index in [0.29, 0.717) is 11.6 Å². The van der Waals surface area contributed by atoms with Crippen LogP contribution in [0.1, 0.15) is 68.0 Å². The van der Waals surface area contributed by atoms with Gasteiger partial charge in [0.05, 0.1) is 17.8 Å². The number of aliphatic carboxylic acids is 1. The van der Waals surface area contributed by atoms with E-state index in [9.17, 15) is 9.59 Å². The molecular weight excluding hydrogens is 282 g/mol. The molecule has 1 aliphatic rings. The molecule has 0 bridgehead atoms. The third-order valence-electron chi connectivity index (χ3n) is 4.39. The second-order valence-corrected chi connectivity index (χ2v) is 6.30. The molecule has 1 aliphatic carbocycles. The van der Waals surface area contributed by atoms with Crippen molar-refractivity contribution in [3.8, 4) is 0 Å². The van der Waals surface area contributed by atoms with Gasteiger partial charge in [0.1, 0.15) is 6.54 Å². The smallest absolute Gasteiger partial charge is 0.323 e. The van der Waals surface area contributed by atoms with E-state index in [-0.39, 0.29) is 18.5 Å². The van der Waals surface area contributed by atoms with E-state index in [0.717, 1.165) is 18.5 Å². The summed E-state index contributed by atoms with van der Waals surface area (Å²) >= 11 is 0. The van der Waals surface area contributed by atoms with Gasteiger partial charge in [-0.25, -0.2) is 0 Å². The lowest BCUT2D eigenvalue weighted by molar-refractivity contribution is -0.138. The molecule has 0 spiro atoms. The number of hydrogen-bond donors (Lipinski definition) is 1. The Labute approximate surface area is 131 Å². The Morgan fingerprint density at radius 2 is 2.00 bits per heavy atom. The molecule has 1 heterocycles. The molecule has 0 unspecified atom stereocenters. The van der Waals surface area contributed by atoms with E-state index in [4.69, 9.17) is 5.11 Å². The Morgan fingerprint density at radius 3 is 2.55 bits per heavy atom. The summed E-state index contributed by atoms with van der Waals surface area (Å²) in [6, 6.07) is 0.198. The SMILES string of the molecule is Cc1c(C(=O)N(CC(=O)O)C(C)C)cnn1C1CCCCC1. The average Bonchev–Trinajstić information content (AvgIpc) is 2.86. The summed E-state index contributed by atoms with van der Waals surface area (Å²) in [6.07, 6.45) is 7.44. The van der Waals surface area contributed by atoms with E-state index < -0.39 is 5.97 Å². The molecule has 122 valence electrons. The number of carboxylic acid groups (broad SMARTS) is 1. The summed E-state index contributed by atoms with van der Waals surface area (Å²) in [6.45, 7) is 5.25. The minimum atomic E-state index is -1.00. The van der Waals surface area contributed by atoms with Gasteiger partial charge in [0, 0.05) is 11.7 Å². The monoisotopic (exact) mass is 307 g/mol. The first kappa shape index (κ1) is 16.5. The van der Waals surface area contributed by atoms with Crippen LogP contribution < -0.4 is 0 Å². The molecule has 6 heteroatoms. The minimum absolute atomic E-state index is 0.166. The maximum Gasteiger partial charge on any atom is 0.323 e. The van der Waals surface area contributed by atoms with Crippen molar-refractivity contribution >= 4 is 11.9 Å². The van der Waals surface area contributed by atoms with Crippen LogP contribution in [0.2, 0.25) is 0 Å². The summed E-state index contributed by atoms with van der Waals surface area (Å²) in [4.78, 5) is 25.0. The van der Waals surface area contributed by atoms with Crippen LogP contribution >= 0.6 is 0 Å². The van der Waals surface area contributed by atoms with Crippen LogP contribution in [-0.2, 0) is 4.79 Å². The number of amides is 1. The first-order chi connectivity index (χ1) is 10.4. The number of rotatable bonds is 5. The van der Waals surface area contributed by atoms with Crippen LogP contribution in [0.25, 0.3) is 0 Å². The fraction of sp³-hybridized carbons (Fsp3) is 0.688. The highest BCUT2D eigenvalue weighted by molar-refractivity contribution is 5.96. The van der Waals surface area contributed by atoms with Gasteiger partial charge in [-0.15, -0.1) is 0 Å². The van der Waals surface area contributed by atoms with Crippen molar-refractivity contribution in [1.29, 1.82) is 0 Å². The van der Waals surface area contributed by atoms with Gasteiger partial charge in [-0.05, 0) is 33.6 Å². The predicted octanol–water partition coefficient (Wildman–Crippen LogP) is 2.63. The van der Waals surface area contributed by atoms with Crippen LogP contribution in [0.15, 0.2) is 6.20 Å². The lowest BCUT2D eigenvalue weighted by Crippen LogP contribution is -2.40. The summed E-state index contributed by atoms with van der Waals surface area (Å²) in [7, 11) is 0. The van der Waals surface area contributed by atoms with Gasteiger partial charge in [-0.2, -0.15) is 5.10 Å². The molecule has 1 amide bonds. The summed E-state index contributed by atoms with van der Waals surface area (Å²) < 4.78 is 1.95. The van der Waals surface area contributed by atoms with E-state index >= 15 is 0 Å². The van der Waals surface area contributed by atoms with Crippen molar-refractivity contribution < 1.29 is 14.7 Å². The molecule has 1 N–H and O–H groups in total. The number of carboxylic acids is 1. The van der Waals surface area contributed by atoms with Crippen molar-refractivity contribution in [3.63, 3.8) is 0 Å². The maximum atomic E-state index is 12.6. The van der Waals surface area contributed by atoms with Crippen LogP contribution in [0.3, 0.4) is 0 Å². The fourth-order valence-electron chi connectivity index (χ4n) is 3.12. The van der Waals surface area contributed by atoms with Crippen molar-refractivity contribution in [2.24, 2.45) is 0 Å². The molecule has 0 aromatic carbocycles. The highest BCUT2D eigenvalue weighted by Gasteiger charge is 2.26. The Bertz CT molecular complexity index is 545. The van der Waals surface area contributed by atoms with E-state index in [1.54, 1.807) is 6.20 Å². The zero-order valence-electron chi connectivity index (χ0n) is 13.6. The van der Waals surface area contributed by atoms with Crippen LogP contribution in [0, 0.1) is 6.92 Å².